The summed E-state index contributed by atoms with van der Waals surface area (Å²) in [6.07, 6.45) is 3.42. The second-order valence-corrected chi connectivity index (χ2v) is 5.64. The van der Waals surface area contributed by atoms with Crippen LogP contribution in [0.3, 0.4) is 0 Å². The normalized spacial score (nSPS) is 12.0. The van der Waals surface area contributed by atoms with Gasteiger partial charge in [-0.25, -0.2) is 4.79 Å². The molecular weight excluding hydrogens is 288 g/mol. The van der Waals surface area contributed by atoms with E-state index in [1.54, 1.807) is 19.2 Å². The molecule has 0 N–H and O–H groups in total. The minimum atomic E-state index is -0.345. The topological polar surface area (TPSA) is 35.5 Å². The highest BCUT2D eigenvalue weighted by molar-refractivity contribution is 5.91. The summed E-state index contributed by atoms with van der Waals surface area (Å²) in [5.41, 5.74) is 2.83. The molecular formula is C20H24O3. The third kappa shape index (κ3) is 4.93. The lowest BCUT2D eigenvalue weighted by atomic mass is 10.1. The zero-order valence-electron chi connectivity index (χ0n) is 14.0. The summed E-state index contributed by atoms with van der Waals surface area (Å²) in [6.45, 7) is 4.14. The molecule has 1 unspecified atom stereocenters. The van der Waals surface area contributed by atoms with Gasteiger partial charge < -0.3 is 9.47 Å². The van der Waals surface area contributed by atoms with E-state index in [-0.39, 0.29) is 12.1 Å². The number of carbonyl (C=O) groups excluding carboxylic acids is 1. The van der Waals surface area contributed by atoms with E-state index in [0.29, 0.717) is 11.3 Å². The van der Waals surface area contributed by atoms with Crippen LogP contribution >= 0.6 is 0 Å². The predicted molar refractivity (Wildman–Crippen MR) is 91.9 cm³/mol. The molecule has 3 heteroatoms. The number of unbranched alkanes of at least 4 members (excludes halogenated alkanes) is 1. The SMILES string of the molecule is CCCCc1ccc(OC(=O)c2ccc(C(C)OC)cc2)cc1. The molecule has 1 atom stereocenters. The smallest absolute Gasteiger partial charge is 0.343 e. The van der Waals surface area contributed by atoms with Crippen molar-refractivity contribution in [1.82, 2.24) is 0 Å². The van der Waals surface area contributed by atoms with E-state index < -0.39 is 0 Å². The van der Waals surface area contributed by atoms with Crippen molar-refractivity contribution in [2.45, 2.75) is 39.2 Å². The van der Waals surface area contributed by atoms with Crippen LogP contribution < -0.4 is 4.74 Å². The molecule has 2 rings (SSSR count). The largest absolute Gasteiger partial charge is 0.423 e. The molecule has 23 heavy (non-hydrogen) atoms. The van der Waals surface area contributed by atoms with Crippen molar-refractivity contribution >= 4 is 5.97 Å². The quantitative estimate of drug-likeness (QED) is 0.535. The van der Waals surface area contributed by atoms with E-state index in [1.807, 2.05) is 43.3 Å². The second-order valence-electron chi connectivity index (χ2n) is 5.64. The van der Waals surface area contributed by atoms with Gasteiger partial charge in [0.2, 0.25) is 0 Å². The highest BCUT2D eigenvalue weighted by Crippen LogP contribution is 2.18. The Morgan fingerprint density at radius 1 is 1.04 bits per heavy atom. The molecule has 0 amide bonds. The predicted octanol–water partition coefficient (Wildman–Crippen LogP) is 4.96. The van der Waals surface area contributed by atoms with Gasteiger partial charge in [-0.3, -0.25) is 0 Å². The second kappa shape index (κ2) is 8.49. The van der Waals surface area contributed by atoms with Gasteiger partial charge in [0.15, 0.2) is 0 Å². The number of benzene rings is 2. The van der Waals surface area contributed by atoms with Crippen molar-refractivity contribution in [3.63, 3.8) is 0 Å². The molecule has 0 radical (unpaired) electrons. The number of carbonyl (C=O) groups is 1. The number of methoxy groups -OCH3 is 1. The first-order valence-corrected chi connectivity index (χ1v) is 8.08. The standard InChI is InChI=1S/C20H24O3/c1-4-5-6-16-7-13-19(14-8-16)23-20(21)18-11-9-17(10-12-18)15(2)22-3/h7-15H,4-6H2,1-3H3. The van der Waals surface area contributed by atoms with Gasteiger partial charge in [0.05, 0.1) is 11.7 Å². The van der Waals surface area contributed by atoms with Crippen molar-refractivity contribution in [2.75, 3.05) is 7.11 Å². The van der Waals surface area contributed by atoms with Crippen LogP contribution in [0.1, 0.15) is 54.3 Å². The van der Waals surface area contributed by atoms with Crippen LogP contribution in [0.25, 0.3) is 0 Å². The van der Waals surface area contributed by atoms with Gasteiger partial charge in [0.1, 0.15) is 5.75 Å². The average molecular weight is 312 g/mol. The van der Waals surface area contributed by atoms with Gasteiger partial charge in [-0.05, 0) is 55.2 Å². The summed E-state index contributed by atoms with van der Waals surface area (Å²) in [7, 11) is 1.66. The van der Waals surface area contributed by atoms with Crippen molar-refractivity contribution in [2.24, 2.45) is 0 Å². The van der Waals surface area contributed by atoms with E-state index in [9.17, 15) is 4.79 Å². The third-order valence-corrected chi connectivity index (χ3v) is 3.92. The highest BCUT2D eigenvalue weighted by Gasteiger charge is 2.10. The van der Waals surface area contributed by atoms with E-state index in [1.165, 1.54) is 18.4 Å². The average Bonchev–Trinajstić information content (AvgIpc) is 2.60. The van der Waals surface area contributed by atoms with Crippen LogP contribution in [0.2, 0.25) is 0 Å². The minimum Gasteiger partial charge on any atom is -0.423 e. The van der Waals surface area contributed by atoms with Crippen molar-refractivity contribution in [3.05, 3.63) is 65.2 Å². The van der Waals surface area contributed by atoms with Gasteiger partial charge in [0.25, 0.3) is 0 Å². The summed E-state index contributed by atoms with van der Waals surface area (Å²) < 4.78 is 10.7. The summed E-state index contributed by atoms with van der Waals surface area (Å²) in [6, 6.07) is 15.0. The zero-order valence-corrected chi connectivity index (χ0v) is 14.0. The van der Waals surface area contributed by atoms with Gasteiger partial charge in [-0.2, -0.15) is 0 Å². The van der Waals surface area contributed by atoms with Crippen LogP contribution in [0.4, 0.5) is 0 Å². The molecule has 3 nitrogen and oxygen atoms in total. The Morgan fingerprint density at radius 3 is 2.26 bits per heavy atom. The summed E-state index contributed by atoms with van der Waals surface area (Å²) in [5.74, 6) is 0.229. The first-order valence-electron chi connectivity index (χ1n) is 8.08. The lowest BCUT2D eigenvalue weighted by molar-refractivity contribution is 0.0734. The molecule has 0 aliphatic rings. The summed E-state index contributed by atoms with van der Waals surface area (Å²) >= 11 is 0. The van der Waals surface area contributed by atoms with E-state index in [4.69, 9.17) is 9.47 Å². The van der Waals surface area contributed by atoms with E-state index in [2.05, 4.69) is 6.92 Å². The minimum absolute atomic E-state index is 0.00994. The monoisotopic (exact) mass is 312 g/mol. The molecule has 0 heterocycles. The number of hydrogen-bond acceptors (Lipinski definition) is 3. The number of aryl methyl sites for hydroxylation is 1. The fourth-order valence-corrected chi connectivity index (χ4v) is 2.30. The molecule has 122 valence electrons. The zero-order chi connectivity index (χ0) is 16.7. The van der Waals surface area contributed by atoms with Crippen LogP contribution in [0.5, 0.6) is 5.75 Å². The molecule has 0 aromatic heterocycles. The lowest BCUT2D eigenvalue weighted by Crippen LogP contribution is -2.08. The van der Waals surface area contributed by atoms with Gasteiger partial charge in [0, 0.05) is 7.11 Å². The molecule has 0 bridgehead atoms. The maximum absolute atomic E-state index is 12.2. The maximum Gasteiger partial charge on any atom is 0.343 e. The Kier molecular flexibility index (Phi) is 6.36. The van der Waals surface area contributed by atoms with Crippen molar-refractivity contribution in [1.29, 1.82) is 0 Å². The van der Waals surface area contributed by atoms with Crippen LogP contribution in [-0.4, -0.2) is 13.1 Å². The fraction of sp³-hybridized carbons (Fsp3) is 0.350. The molecule has 0 spiro atoms. The van der Waals surface area contributed by atoms with Crippen molar-refractivity contribution in [3.8, 4) is 5.75 Å². The van der Waals surface area contributed by atoms with E-state index in [0.717, 1.165) is 12.0 Å². The van der Waals surface area contributed by atoms with Crippen molar-refractivity contribution < 1.29 is 14.3 Å². The fourth-order valence-electron chi connectivity index (χ4n) is 2.30. The molecule has 0 saturated carbocycles. The molecule has 0 aliphatic heterocycles. The first-order chi connectivity index (χ1) is 11.1. The summed E-state index contributed by atoms with van der Waals surface area (Å²) in [5, 5.41) is 0. The van der Waals surface area contributed by atoms with Gasteiger partial charge in [-0.1, -0.05) is 37.6 Å². The van der Waals surface area contributed by atoms with E-state index >= 15 is 0 Å². The molecule has 0 fully saturated rings. The Labute approximate surface area is 138 Å². The van der Waals surface area contributed by atoms with Crippen LogP contribution in [0, 0.1) is 0 Å². The third-order valence-electron chi connectivity index (χ3n) is 3.92. The van der Waals surface area contributed by atoms with Crippen LogP contribution in [0.15, 0.2) is 48.5 Å². The molecule has 2 aromatic carbocycles. The van der Waals surface area contributed by atoms with Gasteiger partial charge >= 0.3 is 5.97 Å². The number of hydrogen-bond donors (Lipinski definition) is 0. The Morgan fingerprint density at radius 2 is 1.70 bits per heavy atom. The molecule has 0 aliphatic carbocycles. The maximum atomic E-state index is 12.2. The van der Waals surface area contributed by atoms with Crippen LogP contribution in [-0.2, 0) is 11.2 Å². The number of rotatable bonds is 7. The molecule has 0 saturated heterocycles. The number of esters is 1. The van der Waals surface area contributed by atoms with Gasteiger partial charge in [-0.15, -0.1) is 0 Å². The highest BCUT2D eigenvalue weighted by atomic mass is 16.5. The first kappa shape index (κ1) is 17.2. The Hall–Kier alpha value is -2.13. The summed E-state index contributed by atoms with van der Waals surface area (Å²) in [4.78, 5) is 12.2. The Bertz CT molecular complexity index is 614. The molecule has 2 aromatic rings. The number of ether oxygens (including phenoxy) is 2. The lowest BCUT2D eigenvalue weighted by Gasteiger charge is -2.10. The Balaban J connectivity index is 1.98.